The molecule has 2 aromatic rings. The number of hydrogen-bond donors (Lipinski definition) is 1. The molecule has 154 valence electrons. The predicted molar refractivity (Wildman–Crippen MR) is 119 cm³/mol. The summed E-state index contributed by atoms with van der Waals surface area (Å²) < 4.78 is 0. The van der Waals surface area contributed by atoms with Gasteiger partial charge >= 0.3 is 6.09 Å². The van der Waals surface area contributed by atoms with Gasteiger partial charge in [-0.2, -0.15) is 0 Å². The summed E-state index contributed by atoms with van der Waals surface area (Å²) in [6.07, 6.45) is 1.62. The van der Waals surface area contributed by atoms with Gasteiger partial charge in [0.25, 0.3) is 0 Å². The maximum absolute atomic E-state index is 11.2. The lowest BCUT2D eigenvalue weighted by Gasteiger charge is -2.42. The van der Waals surface area contributed by atoms with Gasteiger partial charge in [0.1, 0.15) is 0 Å². The largest absolute Gasteiger partial charge is 0.465 e. The number of piperazine rings is 1. The van der Waals surface area contributed by atoms with Crippen LogP contribution in [0.4, 0.5) is 10.5 Å². The van der Waals surface area contributed by atoms with Crippen molar-refractivity contribution in [2.45, 2.75) is 51.4 Å². The van der Waals surface area contributed by atoms with Crippen molar-refractivity contribution in [3.63, 3.8) is 0 Å². The van der Waals surface area contributed by atoms with E-state index in [-0.39, 0.29) is 10.8 Å². The number of rotatable bonds is 2. The van der Waals surface area contributed by atoms with Crippen molar-refractivity contribution < 1.29 is 9.90 Å². The topological polar surface area (TPSA) is 43.8 Å². The lowest BCUT2D eigenvalue weighted by Crippen LogP contribution is -2.48. The first-order chi connectivity index (χ1) is 13.7. The quantitative estimate of drug-likeness (QED) is 0.734. The standard InChI is InChI=1S/C25H32N2O2/c1-24(2)10-11-25(3,4)22-17-19(8-9-21(22)24)18-6-5-7-20(16-18)26-12-14-27(15-13-26)23(28)29/h5-9,16-17H,10-15H2,1-4H3,(H,28,29). The van der Waals surface area contributed by atoms with E-state index in [1.165, 1.54) is 45.7 Å². The Morgan fingerprint density at radius 2 is 1.45 bits per heavy atom. The number of carbonyl (C=O) groups is 1. The van der Waals surface area contributed by atoms with Crippen molar-refractivity contribution in [2.75, 3.05) is 31.1 Å². The van der Waals surface area contributed by atoms with Crippen molar-refractivity contribution in [1.29, 1.82) is 0 Å². The van der Waals surface area contributed by atoms with Gasteiger partial charge in [-0.15, -0.1) is 0 Å². The third-order valence-corrected chi connectivity index (χ3v) is 6.95. The van der Waals surface area contributed by atoms with E-state index in [4.69, 9.17) is 0 Å². The van der Waals surface area contributed by atoms with Crippen LogP contribution in [0.5, 0.6) is 0 Å². The summed E-state index contributed by atoms with van der Waals surface area (Å²) in [5.41, 5.74) is 7.06. The molecule has 0 aromatic heterocycles. The highest BCUT2D eigenvalue weighted by atomic mass is 16.4. The molecule has 4 heteroatoms. The molecule has 1 N–H and O–H groups in total. The normalized spacial score (nSPS) is 20.3. The summed E-state index contributed by atoms with van der Waals surface area (Å²) in [5, 5.41) is 9.17. The minimum absolute atomic E-state index is 0.200. The second-order valence-electron chi connectivity index (χ2n) is 9.84. The Morgan fingerprint density at radius 3 is 2.10 bits per heavy atom. The molecule has 1 aliphatic heterocycles. The molecule has 0 bridgehead atoms. The average molecular weight is 393 g/mol. The highest BCUT2D eigenvalue weighted by Crippen LogP contribution is 2.46. The molecule has 0 saturated carbocycles. The van der Waals surface area contributed by atoms with Gasteiger partial charge in [-0.3, -0.25) is 0 Å². The van der Waals surface area contributed by atoms with Crippen LogP contribution >= 0.6 is 0 Å². The number of carboxylic acid groups (broad SMARTS) is 1. The fourth-order valence-electron chi connectivity index (χ4n) is 4.81. The first-order valence-corrected chi connectivity index (χ1v) is 10.7. The van der Waals surface area contributed by atoms with E-state index in [9.17, 15) is 9.90 Å². The third-order valence-electron chi connectivity index (χ3n) is 6.95. The number of benzene rings is 2. The highest BCUT2D eigenvalue weighted by molar-refractivity contribution is 5.71. The Bertz CT molecular complexity index is 924. The van der Waals surface area contributed by atoms with E-state index in [1.807, 2.05) is 0 Å². The van der Waals surface area contributed by atoms with Gasteiger partial charge < -0.3 is 14.9 Å². The van der Waals surface area contributed by atoms with Gasteiger partial charge in [-0.05, 0) is 58.1 Å². The van der Waals surface area contributed by atoms with Crippen LogP contribution in [-0.2, 0) is 10.8 Å². The first-order valence-electron chi connectivity index (χ1n) is 10.7. The fourth-order valence-corrected chi connectivity index (χ4v) is 4.81. The van der Waals surface area contributed by atoms with Gasteiger partial charge in [0, 0.05) is 31.9 Å². The van der Waals surface area contributed by atoms with Crippen molar-refractivity contribution >= 4 is 11.8 Å². The summed E-state index contributed by atoms with van der Waals surface area (Å²) in [6.45, 7) is 12.0. The minimum atomic E-state index is -0.821. The average Bonchev–Trinajstić information content (AvgIpc) is 2.71. The highest BCUT2D eigenvalue weighted by Gasteiger charge is 2.37. The lowest BCUT2D eigenvalue weighted by atomic mass is 9.63. The smallest absolute Gasteiger partial charge is 0.407 e. The molecule has 1 heterocycles. The lowest BCUT2D eigenvalue weighted by molar-refractivity contribution is 0.142. The Balaban J connectivity index is 1.64. The molecule has 4 rings (SSSR count). The van der Waals surface area contributed by atoms with Gasteiger partial charge in [0.05, 0.1) is 0 Å². The van der Waals surface area contributed by atoms with Crippen molar-refractivity contribution in [1.82, 2.24) is 4.90 Å². The Labute approximate surface area is 174 Å². The van der Waals surface area contributed by atoms with Crippen LogP contribution in [0.15, 0.2) is 42.5 Å². The van der Waals surface area contributed by atoms with Gasteiger partial charge in [0.15, 0.2) is 0 Å². The summed E-state index contributed by atoms with van der Waals surface area (Å²) in [5.74, 6) is 0. The number of amides is 1. The monoisotopic (exact) mass is 392 g/mol. The second kappa shape index (κ2) is 7.08. The summed E-state index contributed by atoms with van der Waals surface area (Å²) in [6, 6.07) is 15.7. The van der Waals surface area contributed by atoms with E-state index in [1.54, 1.807) is 0 Å². The maximum Gasteiger partial charge on any atom is 0.407 e. The van der Waals surface area contributed by atoms with E-state index < -0.39 is 6.09 Å². The molecular weight excluding hydrogens is 360 g/mol. The molecule has 0 radical (unpaired) electrons. The van der Waals surface area contributed by atoms with Crippen LogP contribution in [0.25, 0.3) is 11.1 Å². The van der Waals surface area contributed by atoms with Gasteiger partial charge in [-0.25, -0.2) is 4.79 Å². The number of fused-ring (bicyclic) bond motifs is 1. The third kappa shape index (κ3) is 3.73. The van der Waals surface area contributed by atoms with Crippen molar-refractivity contribution in [2.24, 2.45) is 0 Å². The number of hydrogen-bond acceptors (Lipinski definition) is 2. The van der Waals surface area contributed by atoms with E-state index in [0.717, 1.165) is 13.1 Å². The molecule has 1 aliphatic carbocycles. The fraction of sp³-hybridized carbons (Fsp3) is 0.480. The van der Waals surface area contributed by atoms with Crippen LogP contribution in [0.1, 0.15) is 51.7 Å². The van der Waals surface area contributed by atoms with Crippen molar-refractivity contribution in [3.05, 3.63) is 53.6 Å². The van der Waals surface area contributed by atoms with Gasteiger partial charge in [-0.1, -0.05) is 58.0 Å². The number of anilines is 1. The first kappa shape index (κ1) is 19.8. The molecule has 2 aromatic carbocycles. The van der Waals surface area contributed by atoms with Crippen molar-refractivity contribution in [3.8, 4) is 11.1 Å². The second-order valence-corrected chi connectivity index (χ2v) is 9.84. The SMILES string of the molecule is CC1(C)CCC(C)(C)c2cc(-c3cccc(N4CCN(C(=O)O)CC4)c3)ccc21. The van der Waals surface area contributed by atoms with Crippen LogP contribution in [0.3, 0.4) is 0 Å². The Kier molecular flexibility index (Phi) is 4.84. The van der Waals surface area contributed by atoms with Crippen LogP contribution in [0, 0.1) is 0 Å². The molecule has 1 amide bonds. The van der Waals surface area contributed by atoms with Crippen LogP contribution < -0.4 is 4.90 Å². The van der Waals surface area contributed by atoms with Crippen LogP contribution in [-0.4, -0.2) is 42.3 Å². The molecular formula is C25H32N2O2. The Hall–Kier alpha value is -2.49. The summed E-state index contributed by atoms with van der Waals surface area (Å²) >= 11 is 0. The predicted octanol–water partition coefficient (Wildman–Crippen LogP) is 5.50. The molecule has 29 heavy (non-hydrogen) atoms. The Morgan fingerprint density at radius 1 is 0.828 bits per heavy atom. The van der Waals surface area contributed by atoms with E-state index >= 15 is 0 Å². The van der Waals surface area contributed by atoms with E-state index in [0.29, 0.717) is 13.1 Å². The zero-order valence-electron chi connectivity index (χ0n) is 18.0. The molecule has 2 aliphatic rings. The molecule has 1 fully saturated rings. The number of nitrogens with zero attached hydrogens (tertiary/aromatic N) is 2. The zero-order valence-corrected chi connectivity index (χ0v) is 18.0. The molecule has 1 saturated heterocycles. The summed E-state index contributed by atoms with van der Waals surface area (Å²) in [4.78, 5) is 14.9. The summed E-state index contributed by atoms with van der Waals surface area (Å²) in [7, 11) is 0. The van der Waals surface area contributed by atoms with Crippen LogP contribution in [0.2, 0.25) is 0 Å². The zero-order chi connectivity index (χ0) is 20.8. The molecule has 0 atom stereocenters. The van der Waals surface area contributed by atoms with Gasteiger partial charge in [0.2, 0.25) is 0 Å². The molecule has 0 spiro atoms. The van der Waals surface area contributed by atoms with E-state index in [2.05, 4.69) is 75.1 Å². The molecule has 0 unspecified atom stereocenters. The maximum atomic E-state index is 11.2. The molecule has 4 nitrogen and oxygen atoms in total. The minimum Gasteiger partial charge on any atom is -0.465 e.